The molecule has 8 nitrogen and oxygen atoms in total. The van der Waals surface area contributed by atoms with Crippen molar-refractivity contribution in [1.82, 2.24) is 8.65 Å². The molecule has 2 aromatic carbocycles. The normalized spacial score (nSPS) is 15.0. The Labute approximate surface area is 200 Å². The molecule has 4 rings (SSSR count). The Morgan fingerprint density at radius 2 is 1.58 bits per heavy atom. The third kappa shape index (κ3) is 4.20. The van der Waals surface area contributed by atoms with Gasteiger partial charge >= 0.3 is 5.69 Å². The van der Waals surface area contributed by atoms with Crippen molar-refractivity contribution in [2.24, 2.45) is 0 Å². The molecule has 1 heterocycles. The van der Waals surface area contributed by atoms with Gasteiger partial charge in [0.1, 0.15) is 0 Å². The second kappa shape index (κ2) is 8.96. The maximum atomic E-state index is 13.7. The highest BCUT2D eigenvalue weighted by molar-refractivity contribution is 7.90. The molecule has 0 unspecified atom stereocenters. The summed E-state index contributed by atoms with van der Waals surface area (Å²) in [7, 11) is -4.59. The number of aromatic nitrogens is 2. The first-order valence-corrected chi connectivity index (χ1v) is 12.6. The van der Waals surface area contributed by atoms with Crippen LogP contribution >= 0.6 is 23.2 Å². The summed E-state index contributed by atoms with van der Waals surface area (Å²) in [4.78, 5) is 39.4. The van der Waals surface area contributed by atoms with Crippen LogP contribution in [-0.4, -0.2) is 29.0 Å². The summed E-state index contributed by atoms with van der Waals surface area (Å²) in [6, 6.07) is 8.97. The largest absolute Gasteiger partial charge is 0.365 e. The zero-order valence-corrected chi connectivity index (χ0v) is 20.0. The molecule has 1 amide bonds. The van der Waals surface area contributed by atoms with Crippen LogP contribution in [0.5, 0.6) is 0 Å². The molecule has 0 spiro atoms. The molecule has 0 saturated heterocycles. The Morgan fingerprint density at radius 3 is 2.18 bits per heavy atom. The summed E-state index contributed by atoms with van der Waals surface area (Å²) in [5.41, 5.74) is -2.11. The molecule has 0 N–H and O–H groups in total. The van der Waals surface area contributed by atoms with Crippen LogP contribution in [0.25, 0.3) is 10.9 Å². The predicted molar refractivity (Wildman–Crippen MR) is 127 cm³/mol. The van der Waals surface area contributed by atoms with Crippen LogP contribution in [0.15, 0.2) is 56.9 Å². The maximum Gasteiger partial charge on any atom is 0.365 e. The van der Waals surface area contributed by atoms with Gasteiger partial charge in [0.15, 0.2) is 0 Å². The highest BCUT2D eigenvalue weighted by Crippen LogP contribution is 2.24. The van der Waals surface area contributed by atoms with E-state index in [1.54, 1.807) is 0 Å². The van der Waals surface area contributed by atoms with Gasteiger partial charge in [-0.2, -0.15) is 4.68 Å². The number of benzene rings is 2. The molecule has 174 valence electrons. The minimum Gasteiger partial charge on any atom is -0.273 e. The summed E-state index contributed by atoms with van der Waals surface area (Å²) < 4.78 is 28.0. The van der Waals surface area contributed by atoms with Crippen LogP contribution in [0.4, 0.5) is 0 Å². The third-order valence-electron chi connectivity index (χ3n) is 5.77. The standard InChI is InChI=1S/C22H21Cl2N3O5S/c1-14(28)25(17-5-3-2-4-6-17)26-20-13-16(24)9-12-19(20)21(29)27(22(26)30)33(31,32)18-10-7-15(23)8-11-18/h7-13,17H,2-6H2,1H3. The Morgan fingerprint density at radius 1 is 0.970 bits per heavy atom. The van der Waals surface area contributed by atoms with Gasteiger partial charge in [0.2, 0.25) is 5.91 Å². The molecule has 1 aromatic heterocycles. The Bertz CT molecular complexity index is 1460. The molecule has 11 heteroatoms. The number of fused-ring (bicyclic) bond motifs is 1. The lowest BCUT2D eigenvalue weighted by Gasteiger charge is -2.35. The molecule has 0 radical (unpaired) electrons. The van der Waals surface area contributed by atoms with Crippen molar-refractivity contribution in [2.45, 2.75) is 50.0 Å². The van der Waals surface area contributed by atoms with Crippen molar-refractivity contribution >= 4 is 50.0 Å². The first kappa shape index (κ1) is 23.5. The lowest BCUT2D eigenvalue weighted by atomic mass is 9.95. The van der Waals surface area contributed by atoms with Crippen LogP contribution in [0.1, 0.15) is 39.0 Å². The second-order valence-corrected chi connectivity index (χ2v) is 10.6. The molecule has 0 atom stereocenters. The fourth-order valence-electron chi connectivity index (χ4n) is 4.27. The van der Waals surface area contributed by atoms with E-state index in [9.17, 15) is 22.8 Å². The van der Waals surface area contributed by atoms with E-state index < -0.39 is 27.2 Å². The molecule has 3 aromatic rings. The highest BCUT2D eigenvalue weighted by atomic mass is 35.5. The fourth-order valence-corrected chi connectivity index (χ4v) is 5.85. The number of rotatable bonds is 4. The second-order valence-electron chi connectivity index (χ2n) is 7.94. The Kier molecular flexibility index (Phi) is 6.39. The highest BCUT2D eigenvalue weighted by Gasteiger charge is 2.31. The van der Waals surface area contributed by atoms with Gasteiger partial charge in [-0.3, -0.25) is 9.59 Å². The lowest BCUT2D eigenvalue weighted by Crippen LogP contribution is -2.56. The molecule has 1 fully saturated rings. The summed E-state index contributed by atoms with van der Waals surface area (Å²) in [5, 5.41) is 1.74. The van der Waals surface area contributed by atoms with Gasteiger partial charge in [0.25, 0.3) is 15.6 Å². The number of hydrogen-bond donors (Lipinski definition) is 0. The van der Waals surface area contributed by atoms with E-state index in [-0.39, 0.29) is 30.8 Å². The number of halogens is 2. The van der Waals surface area contributed by atoms with Crippen LogP contribution in [0.2, 0.25) is 10.0 Å². The minimum absolute atomic E-state index is 0.0569. The molecule has 1 saturated carbocycles. The number of carbonyl (C=O) groups excluding carboxylic acids is 1. The monoisotopic (exact) mass is 509 g/mol. The molecule has 33 heavy (non-hydrogen) atoms. The molecule has 1 aliphatic carbocycles. The predicted octanol–water partition coefficient (Wildman–Crippen LogP) is 3.52. The Hall–Kier alpha value is -2.62. The van der Waals surface area contributed by atoms with Crippen molar-refractivity contribution in [3.05, 3.63) is 73.3 Å². The van der Waals surface area contributed by atoms with Gasteiger partial charge in [-0.05, 0) is 55.3 Å². The van der Waals surface area contributed by atoms with E-state index in [1.165, 1.54) is 54.4 Å². The smallest absolute Gasteiger partial charge is 0.273 e. The van der Waals surface area contributed by atoms with Crippen molar-refractivity contribution in [1.29, 1.82) is 0 Å². The number of amides is 1. The van der Waals surface area contributed by atoms with E-state index in [0.29, 0.717) is 17.9 Å². The van der Waals surface area contributed by atoms with E-state index in [2.05, 4.69) is 0 Å². The zero-order valence-electron chi connectivity index (χ0n) is 17.7. The molecule has 0 aliphatic heterocycles. The number of carbonyl (C=O) groups is 1. The number of nitrogens with zero attached hydrogens (tertiary/aromatic N) is 3. The molecular formula is C22H21Cl2N3O5S. The fraction of sp³-hybridized carbons (Fsp3) is 0.318. The topological polar surface area (TPSA) is 98.4 Å². The lowest BCUT2D eigenvalue weighted by molar-refractivity contribution is -0.118. The summed E-state index contributed by atoms with van der Waals surface area (Å²) in [6.07, 6.45) is 4.04. The van der Waals surface area contributed by atoms with Crippen LogP contribution < -0.4 is 16.3 Å². The molecule has 1 aliphatic rings. The summed E-state index contributed by atoms with van der Waals surface area (Å²) >= 11 is 12.0. The van der Waals surface area contributed by atoms with Gasteiger partial charge in [0, 0.05) is 17.0 Å². The molecular weight excluding hydrogens is 489 g/mol. The van der Waals surface area contributed by atoms with Gasteiger partial charge in [0.05, 0.1) is 21.8 Å². The number of hydrogen-bond acceptors (Lipinski definition) is 5. The van der Waals surface area contributed by atoms with Crippen molar-refractivity contribution in [2.75, 3.05) is 5.01 Å². The summed E-state index contributed by atoms with van der Waals surface area (Å²) in [6.45, 7) is 1.31. The maximum absolute atomic E-state index is 13.7. The first-order chi connectivity index (χ1) is 15.6. The molecule has 0 bridgehead atoms. The van der Waals surface area contributed by atoms with Crippen LogP contribution in [0, 0.1) is 0 Å². The Balaban J connectivity index is 2.09. The van der Waals surface area contributed by atoms with E-state index in [0.717, 1.165) is 23.9 Å². The van der Waals surface area contributed by atoms with E-state index in [1.807, 2.05) is 0 Å². The van der Waals surface area contributed by atoms with Crippen molar-refractivity contribution < 1.29 is 13.2 Å². The minimum atomic E-state index is -4.59. The quantitative estimate of drug-likeness (QED) is 0.535. The zero-order chi connectivity index (χ0) is 23.9. The SMILES string of the molecule is CC(=O)N(C1CCCCC1)n1c(=O)n(S(=O)(=O)c2ccc(Cl)cc2)c(=O)c2ccc(Cl)cc21. The average molecular weight is 510 g/mol. The van der Waals surface area contributed by atoms with Crippen LogP contribution in [-0.2, 0) is 14.8 Å². The van der Waals surface area contributed by atoms with Gasteiger partial charge < -0.3 is 0 Å². The van der Waals surface area contributed by atoms with Crippen molar-refractivity contribution in [3.63, 3.8) is 0 Å². The van der Waals surface area contributed by atoms with Gasteiger partial charge in [-0.1, -0.05) is 42.5 Å². The summed E-state index contributed by atoms with van der Waals surface area (Å²) in [5.74, 6) is -0.445. The average Bonchev–Trinajstić information content (AvgIpc) is 2.77. The third-order valence-corrected chi connectivity index (χ3v) is 7.93. The van der Waals surface area contributed by atoms with Crippen LogP contribution in [0.3, 0.4) is 0 Å². The van der Waals surface area contributed by atoms with E-state index >= 15 is 0 Å². The van der Waals surface area contributed by atoms with E-state index in [4.69, 9.17) is 23.2 Å². The van der Waals surface area contributed by atoms with Crippen molar-refractivity contribution in [3.8, 4) is 0 Å². The first-order valence-electron chi connectivity index (χ1n) is 10.4. The van der Waals surface area contributed by atoms with Gasteiger partial charge in [-0.25, -0.2) is 18.2 Å². The van der Waals surface area contributed by atoms with Gasteiger partial charge in [-0.15, -0.1) is 3.97 Å².